The van der Waals surface area contributed by atoms with Gasteiger partial charge < -0.3 is 14.8 Å². The van der Waals surface area contributed by atoms with E-state index in [0.717, 1.165) is 31.5 Å². The average Bonchev–Trinajstić information content (AvgIpc) is 3.04. The Kier molecular flexibility index (Phi) is 3.83. The van der Waals surface area contributed by atoms with Crippen molar-refractivity contribution in [3.63, 3.8) is 0 Å². The molecule has 1 aromatic rings. The van der Waals surface area contributed by atoms with E-state index < -0.39 is 0 Å². The van der Waals surface area contributed by atoms with Crippen LogP contribution in [0.3, 0.4) is 0 Å². The summed E-state index contributed by atoms with van der Waals surface area (Å²) in [7, 11) is 1.97. The van der Waals surface area contributed by atoms with E-state index in [-0.39, 0.29) is 5.91 Å². The van der Waals surface area contributed by atoms with Crippen LogP contribution in [0.4, 0.5) is 0 Å². The zero-order valence-corrected chi connectivity index (χ0v) is 12.5. The van der Waals surface area contributed by atoms with Gasteiger partial charge in [0.25, 0.3) is 5.91 Å². The minimum Gasteiger partial charge on any atom is -0.344 e. The van der Waals surface area contributed by atoms with Crippen LogP contribution in [0.1, 0.15) is 49.5 Å². The predicted molar refractivity (Wildman–Crippen MR) is 79.8 cm³/mol. The molecular formula is C16H25N3O. The van der Waals surface area contributed by atoms with E-state index in [1.807, 2.05) is 30.3 Å². The number of fused-ring (bicyclic) bond motifs is 2. The number of rotatable bonds is 4. The summed E-state index contributed by atoms with van der Waals surface area (Å²) in [5.41, 5.74) is 0.834. The van der Waals surface area contributed by atoms with Crippen LogP contribution in [0.2, 0.25) is 0 Å². The van der Waals surface area contributed by atoms with Crippen molar-refractivity contribution < 1.29 is 4.79 Å². The van der Waals surface area contributed by atoms with Crippen LogP contribution >= 0.6 is 0 Å². The topological polar surface area (TPSA) is 37.3 Å². The first kappa shape index (κ1) is 13.7. The Labute approximate surface area is 121 Å². The standard InChI is InChI=1S/C16H25N3O/c1-3-8-19-9-4-5-15(19)16(20)18(2)14-10-12-6-7-13(11-14)17-12/h4-5,9,12-14,17H,3,6-8,10-11H2,1-2H3. The summed E-state index contributed by atoms with van der Waals surface area (Å²) in [6, 6.07) is 5.56. The highest BCUT2D eigenvalue weighted by atomic mass is 16.2. The molecule has 3 heterocycles. The number of carbonyl (C=O) groups excluding carboxylic acids is 1. The lowest BCUT2D eigenvalue weighted by Crippen LogP contribution is -2.49. The number of aryl methyl sites for hydroxylation is 1. The third kappa shape index (κ3) is 2.49. The van der Waals surface area contributed by atoms with Gasteiger partial charge in [0.1, 0.15) is 5.69 Å². The fourth-order valence-corrected chi connectivity index (χ4v) is 3.73. The number of piperidine rings is 1. The number of amides is 1. The number of hydrogen-bond acceptors (Lipinski definition) is 2. The van der Waals surface area contributed by atoms with Crippen molar-refractivity contribution in [3.8, 4) is 0 Å². The SMILES string of the molecule is CCCn1cccc1C(=O)N(C)C1CC2CCC(C1)N2. The molecule has 1 N–H and O–H groups in total. The molecule has 2 bridgehead atoms. The van der Waals surface area contributed by atoms with E-state index in [4.69, 9.17) is 0 Å². The van der Waals surface area contributed by atoms with E-state index in [9.17, 15) is 4.79 Å². The van der Waals surface area contributed by atoms with Gasteiger partial charge in [-0.1, -0.05) is 6.92 Å². The average molecular weight is 275 g/mol. The zero-order chi connectivity index (χ0) is 14.1. The molecule has 0 aromatic carbocycles. The lowest BCUT2D eigenvalue weighted by atomic mass is 9.98. The molecule has 2 aliphatic rings. The van der Waals surface area contributed by atoms with Crippen LogP contribution in [0.25, 0.3) is 0 Å². The molecule has 110 valence electrons. The van der Waals surface area contributed by atoms with Crippen molar-refractivity contribution in [2.45, 2.75) is 63.7 Å². The van der Waals surface area contributed by atoms with E-state index in [1.54, 1.807) is 0 Å². The number of aromatic nitrogens is 1. The van der Waals surface area contributed by atoms with Crippen molar-refractivity contribution in [1.82, 2.24) is 14.8 Å². The van der Waals surface area contributed by atoms with Gasteiger partial charge in [-0.3, -0.25) is 4.79 Å². The summed E-state index contributed by atoms with van der Waals surface area (Å²) in [4.78, 5) is 14.7. The molecule has 4 nitrogen and oxygen atoms in total. The number of hydrogen-bond donors (Lipinski definition) is 1. The Bertz CT molecular complexity index is 470. The Hall–Kier alpha value is -1.29. The number of nitrogens with one attached hydrogen (secondary N) is 1. The van der Waals surface area contributed by atoms with Gasteiger partial charge in [-0.15, -0.1) is 0 Å². The maximum absolute atomic E-state index is 12.7. The van der Waals surface area contributed by atoms with E-state index >= 15 is 0 Å². The molecule has 0 radical (unpaired) electrons. The van der Waals surface area contributed by atoms with Gasteiger partial charge in [0.2, 0.25) is 0 Å². The highest BCUT2D eigenvalue weighted by Gasteiger charge is 2.36. The summed E-state index contributed by atoms with van der Waals surface area (Å²) >= 11 is 0. The molecule has 0 spiro atoms. The van der Waals surface area contributed by atoms with Gasteiger partial charge in [0, 0.05) is 37.9 Å². The number of nitrogens with zero attached hydrogens (tertiary/aromatic N) is 2. The molecule has 3 rings (SSSR count). The molecule has 0 saturated carbocycles. The van der Waals surface area contributed by atoms with Gasteiger partial charge in [-0.2, -0.15) is 0 Å². The largest absolute Gasteiger partial charge is 0.344 e. The third-order valence-electron chi connectivity index (χ3n) is 4.83. The Morgan fingerprint density at radius 2 is 2.10 bits per heavy atom. The van der Waals surface area contributed by atoms with E-state index in [0.29, 0.717) is 18.1 Å². The third-order valence-corrected chi connectivity index (χ3v) is 4.83. The monoisotopic (exact) mass is 275 g/mol. The van der Waals surface area contributed by atoms with Gasteiger partial charge in [0.15, 0.2) is 0 Å². The summed E-state index contributed by atoms with van der Waals surface area (Å²) in [5.74, 6) is 0.176. The van der Waals surface area contributed by atoms with Crippen molar-refractivity contribution in [3.05, 3.63) is 24.0 Å². The first-order valence-electron chi connectivity index (χ1n) is 7.87. The van der Waals surface area contributed by atoms with Crippen LogP contribution in [-0.4, -0.2) is 40.5 Å². The second-order valence-corrected chi connectivity index (χ2v) is 6.27. The van der Waals surface area contributed by atoms with Gasteiger partial charge in [0.05, 0.1) is 0 Å². The highest BCUT2D eigenvalue weighted by molar-refractivity contribution is 5.92. The highest BCUT2D eigenvalue weighted by Crippen LogP contribution is 2.29. The molecule has 1 amide bonds. The first-order valence-corrected chi connectivity index (χ1v) is 7.87. The molecular weight excluding hydrogens is 250 g/mol. The van der Waals surface area contributed by atoms with Crippen LogP contribution in [0.15, 0.2) is 18.3 Å². The lowest BCUT2D eigenvalue weighted by molar-refractivity contribution is 0.0670. The predicted octanol–water partition coefficient (Wildman–Crippen LogP) is 2.25. The van der Waals surface area contributed by atoms with Gasteiger partial charge >= 0.3 is 0 Å². The molecule has 20 heavy (non-hydrogen) atoms. The van der Waals surface area contributed by atoms with Gasteiger partial charge in [-0.25, -0.2) is 0 Å². The molecule has 2 fully saturated rings. The molecule has 2 atom stereocenters. The maximum atomic E-state index is 12.7. The second-order valence-electron chi connectivity index (χ2n) is 6.27. The molecule has 2 aliphatic heterocycles. The summed E-state index contributed by atoms with van der Waals surface area (Å²) in [6.45, 7) is 3.06. The van der Waals surface area contributed by atoms with E-state index in [2.05, 4.69) is 16.8 Å². The van der Waals surface area contributed by atoms with Crippen LogP contribution in [0, 0.1) is 0 Å². The lowest BCUT2D eigenvalue weighted by Gasteiger charge is -2.35. The second kappa shape index (κ2) is 5.60. The normalized spacial score (nSPS) is 28.6. The van der Waals surface area contributed by atoms with Crippen molar-refractivity contribution in [2.75, 3.05) is 7.05 Å². The zero-order valence-electron chi connectivity index (χ0n) is 12.5. The minimum absolute atomic E-state index is 0.176. The number of carbonyl (C=O) groups is 1. The Balaban J connectivity index is 1.71. The molecule has 2 saturated heterocycles. The first-order chi connectivity index (χ1) is 9.69. The van der Waals surface area contributed by atoms with Crippen LogP contribution in [0.5, 0.6) is 0 Å². The summed E-state index contributed by atoms with van der Waals surface area (Å²) in [6.07, 6.45) is 7.82. The van der Waals surface area contributed by atoms with Crippen molar-refractivity contribution >= 4 is 5.91 Å². The quantitative estimate of drug-likeness (QED) is 0.915. The van der Waals surface area contributed by atoms with E-state index in [1.165, 1.54) is 12.8 Å². The molecule has 1 aromatic heterocycles. The molecule has 0 aliphatic carbocycles. The summed E-state index contributed by atoms with van der Waals surface area (Å²) < 4.78 is 2.08. The Morgan fingerprint density at radius 1 is 1.40 bits per heavy atom. The van der Waals surface area contributed by atoms with Crippen molar-refractivity contribution in [2.24, 2.45) is 0 Å². The smallest absolute Gasteiger partial charge is 0.270 e. The fourth-order valence-electron chi connectivity index (χ4n) is 3.73. The molecule has 2 unspecified atom stereocenters. The Morgan fingerprint density at radius 3 is 2.75 bits per heavy atom. The van der Waals surface area contributed by atoms with Crippen molar-refractivity contribution in [1.29, 1.82) is 0 Å². The fraction of sp³-hybridized carbons (Fsp3) is 0.688. The maximum Gasteiger partial charge on any atom is 0.270 e. The minimum atomic E-state index is 0.176. The summed E-state index contributed by atoms with van der Waals surface area (Å²) in [5, 5.41) is 3.64. The van der Waals surface area contributed by atoms with Crippen LogP contribution < -0.4 is 5.32 Å². The molecule has 4 heteroatoms. The van der Waals surface area contributed by atoms with Crippen LogP contribution in [-0.2, 0) is 6.54 Å². The van der Waals surface area contributed by atoms with Gasteiger partial charge in [-0.05, 0) is 44.2 Å².